The highest BCUT2D eigenvalue weighted by atomic mass is 16.1. The van der Waals surface area contributed by atoms with Gasteiger partial charge in [-0.3, -0.25) is 4.79 Å². The van der Waals surface area contributed by atoms with E-state index in [9.17, 15) is 4.79 Å². The largest absolute Gasteiger partial charge is 0.326 e. The van der Waals surface area contributed by atoms with E-state index < -0.39 is 0 Å². The van der Waals surface area contributed by atoms with Gasteiger partial charge in [-0.1, -0.05) is 45.2 Å². The average molecular weight is 288 g/mol. The van der Waals surface area contributed by atoms with E-state index in [0.29, 0.717) is 12.3 Å². The summed E-state index contributed by atoms with van der Waals surface area (Å²) < 4.78 is 0. The third-order valence-electron chi connectivity index (χ3n) is 4.60. The molecule has 3 heteroatoms. The molecule has 0 fully saturated rings. The number of nitrogens with two attached hydrogens (primary N) is 1. The summed E-state index contributed by atoms with van der Waals surface area (Å²) in [7, 11) is 0. The van der Waals surface area contributed by atoms with Crippen molar-refractivity contribution in [1.82, 2.24) is 0 Å². The quantitative estimate of drug-likeness (QED) is 0.825. The lowest BCUT2D eigenvalue weighted by Crippen LogP contribution is -2.21. The number of carbonyl (C=O) groups is 1. The van der Waals surface area contributed by atoms with Gasteiger partial charge in [0.1, 0.15) is 0 Å². The van der Waals surface area contributed by atoms with Gasteiger partial charge in [0.2, 0.25) is 5.91 Å². The predicted molar refractivity (Wildman–Crippen MR) is 88.2 cm³/mol. The number of benzene rings is 1. The number of aryl methyl sites for hydroxylation is 1. The molecular weight excluding hydrogens is 260 g/mol. The lowest BCUT2D eigenvalue weighted by molar-refractivity contribution is -0.116. The number of unbranched alkanes of at least 4 members (excludes halogenated alkanes) is 1. The molecule has 1 aliphatic rings. The lowest BCUT2D eigenvalue weighted by atomic mass is 9.86. The summed E-state index contributed by atoms with van der Waals surface area (Å²) in [6, 6.07) is 6.43. The molecule has 3 nitrogen and oxygen atoms in total. The molecule has 0 aromatic heterocycles. The smallest absolute Gasteiger partial charge is 0.224 e. The SMILES string of the molecule is CCCCC(CC)C(N)c1ccc2c(c1)CCCC(=O)N2. The van der Waals surface area contributed by atoms with Crippen molar-refractivity contribution >= 4 is 11.6 Å². The molecule has 0 bridgehead atoms. The number of hydrogen-bond acceptors (Lipinski definition) is 2. The second-order valence-electron chi connectivity index (χ2n) is 6.15. The van der Waals surface area contributed by atoms with Gasteiger partial charge in [-0.2, -0.15) is 0 Å². The first kappa shape index (κ1) is 16.0. The van der Waals surface area contributed by atoms with E-state index in [-0.39, 0.29) is 11.9 Å². The first-order valence-corrected chi connectivity index (χ1v) is 8.34. The van der Waals surface area contributed by atoms with E-state index in [1.165, 1.54) is 30.4 Å². The van der Waals surface area contributed by atoms with Crippen LogP contribution in [-0.4, -0.2) is 5.91 Å². The van der Waals surface area contributed by atoms with Gasteiger partial charge >= 0.3 is 0 Å². The molecule has 1 heterocycles. The Morgan fingerprint density at radius 3 is 2.81 bits per heavy atom. The minimum Gasteiger partial charge on any atom is -0.326 e. The number of fused-ring (bicyclic) bond motifs is 1. The summed E-state index contributed by atoms with van der Waals surface area (Å²) in [5, 5.41) is 2.99. The maximum Gasteiger partial charge on any atom is 0.224 e. The van der Waals surface area contributed by atoms with Gasteiger partial charge in [-0.25, -0.2) is 0 Å². The summed E-state index contributed by atoms with van der Waals surface area (Å²) in [6.45, 7) is 4.45. The predicted octanol–water partition coefficient (Wildman–Crippen LogP) is 4.18. The van der Waals surface area contributed by atoms with Crippen molar-refractivity contribution < 1.29 is 4.79 Å². The van der Waals surface area contributed by atoms with Crippen LogP contribution in [0.4, 0.5) is 5.69 Å². The molecule has 21 heavy (non-hydrogen) atoms. The Bertz CT molecular complexity index is 484. The lowest BCUT2D eigenvalue weighted by Gasteiger charge is -2.24. The van der Waals surface area contributed by atoms with Crippen molar-refractivity contribution in [3.05, 3.63) is 29.3 Å². The van der Waals surface area contributed by atoms with E-state index in [1.54, 1.807) is 0 Å². The Morgan fingerprint density at radius 1 is 1.29 bits per heavy atom. The van der Waals surface area contributed by atoms with Crippen LogP contribution >= 0.6 is 0 Å². The molecule has 0 spiro atoms. The van der Waals surface area contributed by atoms with Gasteiger partial charge in [-0.15, -0.1) is 0 Å². The van der Waals surface area contributed by atoms with Crippen molar-refractivity contribution in [1.29, 1.82) is 0 Å². The standard InChI is InChI=1S/C18H28N2O/c1-3-5-7-13(4-2)18(19)15-10-11-16-14(12-15)8-6-9-17(21)20-16/h10-13,18H,3-9,19H2,1-2H3,(H,20,21). The normalized spacial score (nSPS) is 17.6. The topological polar surface area (TPSA) is 55.1 Å². The van der Waals surface area contributed by atoms with E-state index in [2.05, 4.69) is 31.3 Å². The zero-order valence-electron chi connectivity index (χ0n) is 13.3. The third kappa shape index (κ3) is 4.07. The molecule has 1 amide bonds. The molecule has 1 aromatic rings. The van der Waals surface area contributed by atoms with Crippen molar-refractivity contribution in [2.45, 2.75) is 64.8 Å². The number of nitrogens with one attached hydrogen (secondary N) is 1. The first-order chi connectivity index (χ1) is 10.2. The van der Waals surface area contributed by atoms with Crippen molar-refractivity contribution in [2.24, 2.45) is 11.7 Å². The van der Waals surface area contributed by atoms with Crippen LogP contribution < -0.4 is 11.1 Å². The number of amides is 1. The summed E-state index contributed by atoms with van der Waals surface area (Å²) >= 11 is 0. The van der Waals surface area contributed by atoms with Crippen molar-refractivity contribution in [3.8, 4) is 0 Å². The first-order valence-electron chi connectivity index (χ1n) is 8.34. The maximum absolute atomic E-state index is 11.6. The molecule has 3 N–H and O–H groups in total. The van der Waals surface area contributed by atoms with Crippen molar-refractivity contribution in [2.75, 3.05) is 5.32 Å². The highest BCUT2D eigenvalue weighted by Crippen LogP contribution is 2.31. The van der Waals surface area contributed by atoms with Crippen LogP contribution in [0.25, 0.3) is 0 Å². The number of rotatable bonds is 6. The second-order valence-corrected chi connectivity index (χ2v) is 6.15. The van der Waals surface area contributed by atoms with Gasteiger partial charge in [0.15, 0.2) is 0 Å². The van der Waals surface area contributed by atoms with Gasteiger partial charge < -0.3 is 11.1 Å². The monoisotopic (exact) mass is 288 g/mol. The zero-order chi connectivity index (χ0) is 15.2. The Balaban J connectivity index is 2.16. The van der Waals surface area contributed by atoms with Crippen LogP contribution in [0.5, 0.6) is 0 Å². The molecule has 0 radical (unpaired) electrons. The fraction of sp³-hybridized carbons (Fsp3) is 0.611. The molecule has 2 unspecified atom stereocenters. The highest BCUT2D eigenvalue weighted by molar-refractivity contribution is 5.92. The van der Waals surface area contributed by atoms with Crippen molar-refractivity contribution in [3.63, 3.8) is 0 Å². The molecule has 1 aromatic carbocycles. The second kappa shape index (κ2) is 7.60. The Kier molecular flexibility index (Phi) is 5.80. The molecule has 0 saturated carbocycles. The van der Waals surface area contributed by atoms with Crippen LogP contribution in [0.2, 0.25) is 0 Å². The fourth-order valence-corrected chi connectivity index (χ4v) is 3.18. The number of hydrogen-bond donors (Lipinski definition) is 2. The Hall–Kier alpha value is -1.35. The zero-order valence-corrected chi connectivity index (χ0v) is 13.3. The van der Waals surface area contributed by atoms with Gasteiger partial charge in [0, 0.05) is 18.2 Å². The summed E-state index contributed by atoms with van der Waals surface area (Å²) in [5.74, 6) is 0.670. The van der Waals surface area contributed by atoms with Crippen LogP contribution in [-0.2, 0) is 11.2 Å². The summed E-state index contributed by atoms with van der Waals surface area (Å²) in [4.78, 5) is 11.6. The van der Waals surface area contributed by atoms with E-state index in [0.717, 1.165) is 24.9 Å². The van der Waals surface area contributed by atoms with Gasteiger partial charge in [0.05, 0.1) is 0 Å². The fourth-order valence-electron chi connectivity index (χ4n) is 3.18. The van der Waals surface area contributed by atoms with Gasteiger partial charge in [-0.05, 0) is 42.4 Å². The molecule has 1 aliphatic heterocycles. The third-order valence-corrected chi connectivity index (χ3v) is 4.60. The van der Waals surface area contributed by atoms with E-state index in [4.69, 9.17) is 5.73 Å². The van der Waals surface area contributed by atoms with Crippen LogP contribution in [0.1, 0.15) is 69.5 Å². The average Bonchev–Trinajstić information content (AvgIpc) is 2.67. The maximum atomic E-state index is 11.6. The van der Waals surface area contributed by atoms with E-state index in [1.807, 2.05) is 6.07 Å². The summed E-state index contributed by atoms with van der Waals surface area (Å²) in [5.41, 5.74) is 9.92. The van der Waals surface area contributed by atoms with Crippen LogP contribution in [0, 0.1) is 5.92 Å². The molecule has 0 aliphatic carbocycles. The summed E-state index contributed by atoms with van der Waals surface area (Å²) in [6.07, 6.45) is 7.28. The van der Waals surface area contributed by atoms with E-state index >= 15 is 0 Å². The number of anilines is 1. The van der Waals surface area contributed by atoms with Crippen LogP contribution in [0.15, 0.2) is 18.2 Å². The molecule has 2 atom stereocenters. The molecule has 116 valence electrons. The van der Waals surface area contributed by atoms with Gasteiger partial charge in [0.25, 0.3) is 0 Å². The Morgan fingerprint density at radius 2 is 2.10 bits per heavy atom. The molecule has 2 rings (SSSR count). The minimum atomic E-state index is 0.103. The molecular formula is C18H28N2O. The highest BCUT2D eigenvalue weighted by Gasteiger charge is 2.20. The number of carbonyl (C=O) groups excluding carboxylic acids is 1. The molecule has 0 saturated heterocycles. The van der Waals surface area contributed by atoms with Crippen LogP contribution in [0.3, 0.4) is 0 Å². The minimum absolute atomic E-state index is 0.103. The Labute approximate surface area is 128 Å².